The number of nitrogens with zero attached hydrogens (tertiary/aromatic N) is 2. The summed E-state index contributed by atoms with van der Waals surface area (Å²) in [6.07, 6.45) is 5.41. The molecule has 1 heterocycles. The summed E-state index contributed by atoms with van der Waals surface area (Å²) in [4.78, 5) is 7.06. The fraction of sp³-hybridized carbons (Fsp3) is 0.318. The molecule has 1 aliphatic heterocycles. The maximum absolute atomic E-state index is 4.71. The molecular formula is C22H29IN4. The van der Waals surface area contributed by atoms with Crippen LogP contribution in [0.25, 0.3) is 0 Å². The summed E-state index contributed by atoms with van der Waals surface area (Å²) in [6.45, 7) is 6.52. The molecule has 0 radical (unpaired) electrons. The van der Waals surface area contributed by atoms with Gasteiger partial charge >= 0.3 is 0 Å². The number of hydrogen-bond donors (Lipinski definition) is 2. The van der Waals surface area contributed by atoms with Gasteiger partial charge in [-0.1, -0.05) is 54.6 Å². The second-order valence-corrected chi connectivity index (χ2v) is 6.40. The Labute approximate surface area is 179 Å². The van der Waals surface area contributed by atoms with Gasteiger partial charge in [0.2, 0.25) is 0 Å². The van der Waals surface area contributed by atoms with Crippen molar-refractivity contribution in [3.05, 3.63) is 77.9 Å². The highest BCUT2D eigenvalue weighted by molar-refractivity contribution is 14.0. The van der Waals surface area contributed by atoms with Crippen molar-refractivity contribution in [1.82, 2.24) is 10.6 Å². The molecule has 0 atom stereocenters. The first-order valence-corrected chi connectivity index (χ1v) is 9.40. The summed E-state index contributed by atoms with van der Waals surface area (Å²) in [6, 6.07) is 19.2. The number of guanidine groups is 1. The smallest absolute Gasteiger partial charge is 0.191 e. The zero-order chi connectivity index (χ0) is 18.0. The Balaban J connectivity index is 0.00000261. The van der Waals surface area contributed by atoms with E-state index in [4.69, 9.17) is 4.99 Å². The summed E-state index contributed by atoms with van der Waals surface area (Å²) in [5.74, 6) is 0.872. The summed E-state index contributed by atoms with van der Waals surface area (Å²) < 4.78 is 0. The zero-order valence-electron chi connectivity index (χ0n) is 15.9. The van der Waals surface area contributed by atoms with Crippen LogP contribution in [0.2, 0.25) is 0 Å². The quantitative estimate of drug-likeness (QED) is 0.275. The first-order valence-electron chi connectivity index (χ1n) is 9.40. The van der Waals surface area contributed by atoms with E-state index >= 15 is 0 Å². The average Bonchev–Trinajstić information content (AvgIpc) is 3.22. The Hall–Kier alpha value is -2.02. The highest BCUT2D eigenvalue weighted by Gasteiger charge is 2.07. The van der Waals surface area contributed by atoms with Gasteiger partial charge < -0.3 is 15.5 Å². The van der Waals surface area contributed by atoms with Gasteiger partial charge in [0.25, 0.3) is 0 Å². The lowest BCUT2D eigenvalue weighted by Crippen LogP contribution is -2.38. The molecule has 4 nitrogen and oxygen atoms in total. The summed E-state index contributed by atoms with van der Waals surface area (Å²) in [5, 5.41) is 6.74. The largest absolute Gasteiger partial charge is 0.364 e. The van der Waals surface area contributed by atoms with Crippen molar-refractivity contribution in [3.8, 4) is 0 Å². The van der Waals surface area contributed by atoms with Crippen LogP contribution in [0.1, 0.15) is 18.1 Å². The van der Waals surface area contributed by atoms with Crippen molar-refractivity contribution in [3.63, 3.8) is 0 Å². The molecule has 2 N–H and O–H groups in total. The van der Waals surface area contributed by atoms with Crippen LogP contribution in [-0.2, 0) is 13.0 Å². The first-order chi connectivity index (χ1) is 12.8. The molecule has 0 aliphatic carbocycles. The van der Waals surface area contributed by atoms with Crippen LogP contribution in [0.5, 0.6) is 0 Å². The number of nitrogens with one attached hydrogen (secondary N) is 2. The van der Waals surface area contributed by atoms with E-state index in [1.165, 1.54) is 16.8 Å². The van der Waals surface area contributed by atoms with Gasteiger partial charge in [0, 0.05) is 31.9 Å². The Kier molecular flexibility index (Phi) is 9.18. The highest BCUT2D eigenvalue weighted by Crippen LogP contribution is 2.17. The maximum atomic E-state index is 4.71. The summed E-state index contributed by atoms with van der Waals surface area (Å²) in [7, 11) is 0. The van der Waals surface area contributed by atoms with Crippen molar-refractivity contribution in [2.24, 2.45) is 4.99 Å². The van der Waals surface area contributed by atoms with E-state index in [1.807, 2.05) is 6.07 Å². The monoisotopic (exact) mass is 476 g/mol. The van der Waals surface area contributed by atoms with Crippen molar-refractivity contribution >= 4 is 35.6 Å². The first kappa shape index (κ1) is 21.3. The molecule has 0 aromatic heterocycles. The van der Waals surface area contributed by atoms with Crippen LogP contribution in [0.4, 0.5) is 5.69 Å². The van der Waals surface area contributed by atoms with E-state index in [0.717, 1.165) is 38.6 Å². The number of hydrogen-bond acceptors (Lipinski definition) is 2. The third-order valence-corrected chi connectivity index (χ3v) is 4.43. The second-order valence-electron chi connectivity index (χ2n) is 6.40. The van der Waals surface area contributed by atoms with Gasteiger partial charge in [0.15, 0.2) is 5.96 Å². The molecule has 27 heavy (non-hydrogen) atoms. The van der Waals surface area contributed by atoms with Crippen molar-refractivity contribution in [2.45, 2.75) is 19.9 Å². The van der Waals surface area contributed by atoms with Crippen LogP contribution < -0.4 is 15.5 Å². The van der Waals surface area contributed by atoms with Gasteiger partial charge in [-0.2, -0.15) is 0 Å². The van der Waals surface area contributed by atoms with Gasteiger partial charge in [-0.3, -0.25) is 0 Å². The predicted octanol–water partition coefficient (Wildman–Crippen LogP) is 3.98. The highest BCUT2D eigenvalue weighted by atomic mass is 127. The molecule has 0 saturated carbocycles. The summed E-state index contributed by atoms with van der Waals surface area (Å²) in [5.41, 5.74) is 3.83. The van der Waals surface area contributed by atoms with Crippen LogP contribution in [0, 0.1) is 0 Å². The van der Waals surface area contributed by atoms with Crippen molar-refractivity contribution < 1.29 is 0 Å². The van der Waals surface area contributed by atoms with Crippen LogP contribution in [0.3, 0.4) is 0 Å². The van der Waals surface area contributed by atoms with Crippen LogP contribution >= 0.6 is 24.0 Å². The van der Waals surface area contributed by atoms with Crippen molar-refractivity contribution in [2.75, 3.05) is 31.1 Å². The lowest BCUT2D eigenvalue weighted by molar-refractivity contribution is 0.799. The molecule has 0 unspecified atom stereocenters. The van der Waals surface area contributed by atoms with Gasteiger partial charge in [-0.25, -0.2) is 4.99 Å². The molecule has 3 rings (SSSR count). The third-order valence-electron chi connectivity index (χ3n) is 4.43. The molecule has 2 aromatic carbocycles. The predicted molar refractivity (Wildman–Crippen MR) is 126 cm³/mol. The van der Waals surface area contributed by atoms with E-state index in [2.05, 4.69) is 83.1 Å². The molecule has 2 aromatic rings. The van der Waals surface area contributed by atoms with E-state index in [-0.39, 0.29) is 24.0 Å². The molecule has 0 spiro atoms. The summed E-state index contributed by atoms with van der Waals surface area (Å²) >= 11 is 0. The molecule has 1 aliphatic rings. The Morgan fingerprint density at radius 3 is 2.30 bits per heavy atom. The Morgan fingerprint density at radius 2 is 1.63 bits per heavy atom. The van der Waals surface area contributed by atoms with Crippen LogP contribution in [-0.4, -0.2) is 32.1 Å². The second kappa shape index (κ2) is 11.6. The average molecular weight is 476 g/mol. The fourth-order valence-corrected chi connectivity index (χ4v) is 2.98. The standard InChI is InChI=1S/C22H28N4.HI/c1-2-23-22(24-15-14-19-8-4-3-5-9-19)25-18-20-10-12-21(13-11-20)26-16-6-7-17-26;/h3-13H,2,14-18H2,1H3,(H2,23,24,25);1H. The SMILES string of the molecule is CCNC(=NCc1ccc(N2CC=CC2)cc1)NCCc1ccccc1.I. The zero-order valence-corrected chi connectivity index (χ0v) is 18.2. The van der Waals surface area contributed by atoms with E-state index < -0.39 is 0 Å². The van der Waals surface area contributed by atoms with Gasteiger partial charge in [-0.05, 0) is 36.6 Å². The molecule has 0 saturated heterocycles. The minimum absolute atomic E-state index is 0. The Bertz CT molecular complexity index is 718. The lowest BCUT2D eigenvalue weighted by Gasteiger charge is -2.17. The van der Waals surface area contributed by atoms with Crippen molar-refractivity contribution in [1.29, 1.82) is 0 Å². The van der Waals surface area contributed by atoms with E-state index in [0.29, 0.717) is 6.54 Å². The third kappa shape index (κ3) is 6.90. The lowest BCUT2D eigenvalue weighted by atomic mass is 10.1. The van der Waals surface area contributed by atoms with Crippen LogP contribution in [0.15, 0.2) is 71.7 Å². The topological polar surface area (TPSA) is 39.7 Å². The van der Waals surface area contributed by atoms with Gasteiger partial charge in [0.05, 0.1) is 6.54 Å². The van der Waals surface area contributed by atoms with Gasteiger partial charge in [-0.15, -0.1) is 24.0 Å². The minimum atomic E-state index is 0. The minimum Gasteiger partial charge on any atom is -0.364 e. The van der Waals surface area contributed by atoms with Gasteiger partial charge in [0.1, 0.15) is 0 Å². The fourth-order valence-electron chi connectivity index (χ4n) is 2.98. The molecule has 144 valence electrons. The number of aliphatic imine (C=N–C) groups is 1. The van der Waals surface area contributed by atoms with E-state index in [1.54, 1.807) is 0 Å². The molecular weight excluding hydrogens is 447 g/mol. The number of benzene rings is 2. The molecule has 0 bridgehead atoms. The van der Waals surface area contributed by atoms with E-state index in [9.17, 15) is 0 Å². The maximum Gasteiger partial charge on any atom is 0.191 e. The number of halogens is 1. The normalized spacial score (nSPS) is 13.4. The Morgan fingerprint density at radius 1 is 0.926 bits per heavy atom. The molecule has 5 heteroatoms. The molecule has 0 amide bonds. The number of anilines is 1. The molecule has 0 fully saturated rings. The number of rotatable bonds is 7.